The fraction of sp³-hybridized carbons (Fsp3) is 0.100. The summed E-state index contributed by atoms with van der Waals surface area (Å²) in [5.41, 5.74) is 4.50. The predicted octanol–water partition coefficient (Wildman–Crippen LogP) is 5.33. The van der Waals surface area contributed by atoms with Crippen LogP contribution in [0, 0.1) is 0 Å². The van der Waals surface area contributed by atoms with E-state index >= 15 is 0 Å². The molecule has 0 saturated carbocycles. The molecule has 116 valence electrons. The van der Waals surface area contributed by atoms with Crippen molar-refractivity contribution < 1.29 is 9.47 Å². The lowest BCUT2D eigenvalue weighted by Crippen LogP contribution is -1.89. The molecule has 0 aromatic heterocycles. The van der Waals surface area contributed by atoms with Gasteiger partial charge in [-0.15, -0.1) is 12.6 Å². The molecule has 0 heterocycles. The van der Waals surface area contributed by atoms with Crippen LogP contribution in [-0.2, 0) is 0 Å². The summed E-state index contributed by atoms with van der Waals surface area (Å²) in [4.78, 5) is 0.948. The molecule has 0 aliphatic heterocycles. The third-order valence-electron chi connectivity index (χ3n) is 3.82. The minimum absolute atomic E-state index is 0.844. The average molecular weight is 322 g/mol. The van der Waals surface area contributed by atoms with Gasteiger partial charge >= 0.3 is 0 Å². The van der Waals surface area contributed by atoms with Gasteiger partial charge in [0, 0.05) is 10.5 Å². The van der Waals surface area contributed by atoms with E-state index in [-0.39, 0.29) is 0 Å². The van der Waals surface area contributed by atoms with Crippen LogP contribution >= 0.6 is 12.6 Å². The van der Waals surface area contributed by atoms with Crippen LogP contribution < -0.4 is 9.47 Å². The number of thiol groups is 1. The monoisotopic (exact) mass is 322 g/mol. The lowest BCUT2D eigenvalue weighted by Gasteiger charge is -2.14. The van der Waals surface area contributed by atoms with Crippen LogP contribution in [0.3, 0.4) is 0 Å². The van der Waals surface area contributed by atoms with E-state index < -0.39 is 0 Å². The van der Waals surface area contributed by atoms with E-state index in [9.17, 15) is 0 Å². The quantitative estimate of drug-likeness (QED) is 0.655. The van der Waals surface area contributed by atoms with Crippen molar-refractivity contribution in [1.29, 1.82) is 0 Å². The summed E-state index contributed by atoms with van der Waals surface area (Å²) < 4.78 is 10.5. The van der Waals surface area contributed by atoms with Gasteiger partial charge in [0.2, 0.25) is 0 Å². The van der Waals surface area contributed by atoms with Crippen molar-refractivity contribution in [2.24, 2.45) is 0 Å². The zero-order chi connectivity index (χ0) is 16.2. The second-order valence-electron chi connectivity index (χ2n) is 5.16. The number of rotatable bonds is 4. The molecule has 0 fully saturated rings. The third kappa shape index (κ3) is 3.20. The number of ether oxygens (including phenoxy) is 2. The van der Waals surface area contributed by atoms with E-state index in [0.29, 0.717) is 0 Å². The maximum absolute atomic E-state index is 5.24. The van der Waals surface area contributed by atoms with Crippen LogP contribution in [0.2, 0.25) is 0 Å². The van der Waals surface area contributed by atoms with E-state index in [1.54, 1.807) is 14.2 Å². The number of hydrogen-bond donors (Lipinski definition) is 1. The second kappa shape index (κ2) is 6.80. The van der Waals surface area contributed by atoms with Crippen molar-refractivity contribution in [2.45, 2.75) is 4.90 Å². The molecule has 2 nitrogen and oxygen atoms in total. The van der Waals surface area contributed by atoms with Crippen molar-refractivity contribution in [2.75, 3.05) is 14.2 Å². The first-order chi connectivity index (χ1) is 11.2. The van der Waals surface area contributed by atoms with Crippen LogP contribution in [0.4, 0.5) is 0 Å². The zero-order valence-electron chi connectivity index (χ0n) is 13.1. The summed E-state index contributed by atoms with van der Waals surface area (Å²) in [6.45, 7) is 0. The van der Waals surface area contributed by atoms with Crippen molar-refractivity contribution in [3.05, 3.63) is 66.7 Å². The molecule has 0 bridgehead atoms. The molecule has 23 heavy (non-hydrogen) atoms. The van der Waals surface area contributed by atoms with Gasteiger partial charge in [0.05, 0.1) is 14.2 Å². The maximum Gasteiger partial charge on any atom is 0.118 e. The lowest BCUT2D eigenvalue weighted by atomic mass is 9.94. The van der Waals surface area contributed by atoms with Gasteiger partial charge in [-0.25, -0.2) is 0 Å². The standard InChI is InChI=1S/C20H18O2S/c1-21-16-10-6-14(7-11-16)18-4-3-5-19(23)20(18)15-8-12-17(22-2)13-9-15/h3-13,23H,1-2H3. The van der Waals surface area contributed by atoms with Crippen LogP contribution in [0.25, 0.3) is 22.3 Å². The molecule has 0 spiro atoms. The number of benzene rings is 3. The summed E-state index contributed by atoms with van der Waals surface area (Å²) in [5.74, 6) is 1.69. The highest BCUT2D eigenvalue weighted by molar-refractivity contribution is 7.80. The zero-order valence-corrected chi connectivity index (χ0v) is 14.0. The van der Waals surface area contributed by atoms with E-state index in [0.717, 1.165) is 38.6 Å². The molecule has 0 saturated heterocycles. The molecule has 0 amide bonds. The van der Waals surface area contributed by atoms with Gasteiger partial charge in [-0.3, -0.25) is 0 Å². The van der Waals surface area contributed by atoms with E-state index in [4.69, 9.17) is 9.47 Å². The minimum atomic E-state index is 0.844. The molecule has 3 aromatic rings. The van der Waals surface area contributed by atoms with Crippen LogP contribution in [0.15, 0.2) is 71.6 Å². The average Bonchev–Trinajstić information content (AvgIpc) is 2.62. The molecule has 3 rings (SSSR count). The summed E-state index contributed by atoms with van der Waals surface area (Å²) in [6, 6.07) is 22.3. The van der Waals surface area contributed by atoms with Gasteiger partial charge in [0.25, 0.3) is 0 Å². The van der Waals surface area contributed by atoms with E-state index in [1.165, 1.54) is 0 Å². The normalized spacial score (nSPS) is 10.4. The highest BCUT2D eigenvalue weighted by Crippen LogP contribution is 2.37. The van der Waals surface area contributed by atoms with Crippen molar-refractivity contribution in [3.63, 3.8) is 0 Å². The van der Waals surface area contributed by atoms with Crippen LogP contribution in [0.5, 0.6) is 11.5 Å². The Bertz CT molecular complexity index is 793. The first kappa shape index (κ1) is 15.5. The first-order valence-corrected chi connectivity index (χ1v) is 7.78. The Morgan fingerprint density at radius 3 is 1.70 bits per heavy atom. The first-order valence-electron chi connectivity index (χ1n) is 7.34. The molecule has 0 N–H and O–H groups in total. The van der Waals surface area contributed by atoms with Crippen molar-refractivity contribution >= 4 is 12.6 Å². The van der Waals surface area contributed by atoms with Crippen molar-refractivity contribution in [1.82, 2.24) is 0 Å². The molecular weight excluding hydrogens is 304 g/mol. The fourth-order valence-electron chi connectivity index (χ4n) is 2.61. The molecule has 3 heteroatoms. The molecular formula is C20H18O2S. The summed E-state index contributed by atoms with van der Waals surface area (Å²) in [6.07, 6.45) is 0. The summed E-state index contributed by atoms with van der Waals surface area (Å²) >= 11 is 4.66. The molecule has 0 aliphatic rings. The number of hydrogen-bond acceptors (Lipinski definition) is 3. The van der Waals surface area contributed by atoms with Gasteiger partial charge in [-0.2, -0.15) is 0 Å². The Balaban J connectivity index is 2.11. The predicted molar refractivity (Wildman–Crippen MR) is 97.7 cm³/mol. The molecule has 3 aromatic carbocycles. The Labute approximate surface area is 142 Å². The van der Waals surface area contributed by atoms with Crippen LogP contribution in [-0.4, -0.2) is 14.2 Å². The van der Waals surface area contributed by atoms with Gasteiger partial charge in [0.1, 0.15) is 11.5 Å². The molecule has 0 unspecified atom stereocenters. The van der Waals surface area contributed by atoms with Gasteiger partial charge in [-0.1, -0.05) is 36.4 Å². The maximum atomic E-state index is 5.24. The highest BCUT2D eigenvalue weighted by atomic mass is 32.1. The molecule has 0 aliphatic carbocycles. The van der Waals surface area contributed by atoms with Gasteiger partial charge < -0.3 is 9.47 Å². The molecule has 0 atom stereocenters. The Hall–Kier alpha value is -2.39. The Kier molecular flexibility index (Phi) is 4.58. The van der Waals surface area contributed by atoms with Crippen LogP contribution in [0.1, 0.15) is 0 Å². The largest absolute Gasteiger partial charge is 0.497 e. The lowest BCUT2D eigenvalue weighted by molar-refractivity contribution is 0.414. The SMILES string of the molecule is COc1ccc(-c2cccc(S)c2-c2ccc(OC)cc2)cc1. The Morgan fingerprint density at radius 2 is 1.17 bits per heavy atom. The summed E-state index contributed by atoms with van der Waals surface area (Å²) in [5, 5.41) is 0. The van der Waals surface area contributed by atoms with Gasteiger partial charge in [0.15, 0.2) is 0 Å². The van der Waals surface area contributed by atoms with Crippen molar-refractivity contribution in [3.8, 4) is 33.8 Å². The Morgan fingerprint density at radius 1 is 0.652 bits per heavy atom. The third-order valence-corrected chi connectivity index (χ3v) is 4.19. The van der Waals surface area contributed by atoms with Gasteiger partial charge in [-0.05, 0) is 47.0 Å². The molecule has 0 radical (unpaired) electrons. The van der Waals surface area contributed by atoms with E-state index in [2.05, 4.69) is 43.0 Å². The highest BCUT2D eigenvalue weighted by Gasteiger charge is 2.11. The fourth-order valence-corrected chi connectivity index (χ4v) is 2.95. The second-order valence-corrected chi connectivity index (χ2v) is 5.64. The summed E-state index contributed by atoms with van der Waals surface area (Å²) in [7, 11) is 3.34. The smallest absolute Gasteiger partial charge is 0.118 e. The van der Waals surface area contributed by atoms with E-state index in [1.807, 2.05) is 36.4 Å². The topological polar surface area (TPSA) is 18.5 Å². The minimum Gasteiger partial charge on any atom is -0.497 e. The number of methoxy groups -OCH3 is 2.